The molecule has 1 fully saturated rings. The largest absolute Gasteiger partial charge is 0.395 e. The van der Waals surface area contributed by atoms with Gasteiger partial charge in [0.05, 0.1) is 5.71 Å². The van der Waals surface area contributed by atoms with E-state index in [1.807, 2.05) is 24.3 Å². The van der Waals surface area contributed by atoms with E-state index in [9.17, 15) is 0 Å². The van der Waals surface area contributed by atoms with E-state index >= 15 is 0 Å². The Bertz CT molecular complexity index is 578. The van der Waals surface area contributed by atoms with Gasteiger partial charge in [-0.25, -0.2) is 0 Å². The molecule has 0 N–H and O–H groups in total. The standard InChI is InChI=1S/C20H29ClN2O/c1-15(13-23(3)4)14-24-22-20-16(2)6-5-7-18(20)12-17-8-10-19(21)11-9-17/h8-12,15-16H,5-7,13-14H2,1-4H3/b18-12+,22-20?. The minimum absolute atomic E-state index is 0.446. The Balaban J connectivity index is 2.08. The first-order valence-electron chi connectivity index (χ1n) is 8.76. The number of hydrogen-bond donors (Lipinski definition) is 0. The van der Waals surface area contributed by atoms with Crippen LogP contribution in [0.4, 0.5) is 0 Å². The van der Waals surface area contributed by atoms with Crippen molar-refractivity contribution in [2.45, 2.75) is 33.1 Å². The predicted octanol–water partition coefficient (Wildman–Crippen LogP) is 5.11. The smallest absolute Gasteiger partial charge is 0.120 e. The molecule has 1 aliphatic rings. The normalized spacial score (nSPS) is 23.0. The third-order valence-electron chi connectivity index (χ3n) is 4.29. The highest BCUT2D eigenvalue weighted by Gasteiger charge is 2.21. The van der Waals surface area contributed by atoms with Gasteiger partial charge in [0.1, 0.15) is 6.61 Å². The molecule has 0 amide bonds. The van der Waals surface area contributed by atoms with Gasteiger partial charge < -0.3 is 9.74 Å². The molecule has 0 aliphatic heterocycles. The Labute approximate surface area is 151 Å². The fraction of sp³-hybridized carbons (Fsp3) is 0.550. The maximum Gasteiger partial charge on any atom is 0.120 e. The van der Waals surface area contributed by atoms with Crippen LogP contribution in [0, 0.1) is 11.8 Å². The quantitative estimate of drug-likeness (QED) is 0.667. The summed E-state index contributed by atoms with van der Waals surface area (Å²) in [4.78, 5) is 7.87. The second-order valence-corrected chi connectivity index (χ2v) is 7.59. The lowest BCUT2D eigenvalue weighted by atomic mass is 9.84. The second-order valence-electron chi connectivity index (χ2n) is 7.15. The average molecular weight is 349 g/mol. The number of rotatable bonds is 6. The van der Waals surface area contributed by atoms with Crippen LogP contribution in [0.5, 0.6) is 0 Å². The van der Waals surface area contributed by atoms with Crippen LogP contribution in [-0.2, 0) is 4.84 Å². The first kappa shape index (κ1) is 19.0. The SMILES string of the molecule is CC(CON=C1/C(=C/c2ccc(Cl)cc2)CCCC1C)CN(C)C. The molecule has 0 bridgehead atoms. The number of hydrogen-bond acceptors (Lipinski definition) is 3. The number of benzene rings is 1. The van der Waals surface area contributed by atoms with Crippen molar-refractivity contribution in [1.82, 2.24) is 4.90 Å². The van der Waals surface area contributed by atoms with Gasteiger partial charge in [0.25, 0.3) is 0 Å². The summed E-state index contributed by atoms with van der Waals surface area (Å²) in [5.74, 6) is 0.911. The zero-order chi connectivity index (χ0) is 17.5. The van der Waals surface area contributed by atoms with Crippen molar-refractivity contribution in [3.63, 3.8) is 0 Å². The molecule has 2 rings (SSSR count). The first-order chi connectivity index (χ1) is 11.5. The third kappa shape index (κ3) is 5.95. The Morgan fingerprint density at radius 2 is 2.04 bits per heavy atom. The monoisotopic (exact) mass is 348 g/mol. The fourth-order valence-electron chi connectivity index (χ4n) is 3.14. The van der Waals surface area contributed by atoms with Crippen molar-refractivity contribution in [3.05, 3.63) is 40.4 Å². The van der Waals surface area contributed by atoms with E-state index in [-0.39, 0.29) is 0 Å². The molecule has 0 heterocycles. The number of oxime groups is 1. The number of halogens is 1. The fourth-order valence-corrected chi connectivity index (χ4v) is 3.27. The minimum atomic E-state index is 0.446. The van der Waals surface area contributed by atoms with Crippen LogP contribution in [0.3, 0.4) is 0 Å². The molecule has 4 heteroatoms. The van der Waals surface area contributed by atoms with Crippen molar-refractivity contribution in [2.75, 3.05) is 27.2 Å². The lowest BCUT2D eigenvalue weighted by Crippen LogP contribution is -2.23. The van der Waals surface area contributed by atoms with Gasteiger partial charge in [-0.3, -0.25) is 0 Å². The average Bonchev–Trinajstić information content (AvgIpc) is 2.51. The Hall–Kier alpha value is -1.32. The minimum Gasteiger partial charge on any atom is -0.395 e. The van der Waals surface area contributed by atoms with Crippen molar-refractivity contribution in [3.8, 4) is 0 Å². The van der Waals surface area contributed by atoms with Crippen LogP contribution in [0.15, 0.2) is 35.0 Å². The first-order valence-corrected chi connectivity index (χ1v) is 9.14. The van der Waals surface area contributed by atoms with Gasteiger partial charge >= 0.3 is 0 Å². The van der Waals surface area contributed by atoms with E-state index < -0.39 is 0 Å². The number of nitrogens with zero attached hydrogens (tertiary/aromatic N) is 2. The Morgan fingerprint density at radius 3 is 2.71 bits per heavy atom. The van der Waals surface area contributed by atoms with Gasteiger partial charge in [-0.05, 0) is 62.7 Å². The van der Waals surface area contributed by atoms with Crippen molar-refractivity contribution >= 4 is 23.4 Å². The van der Waals surface area contributed by atoms with Crippen molar-refractivity contribution < 1.29 is 4.84 Å². The molecule has 1 saturated carbocycles. The topological polar surface area (TPSA) is 24.8 Å². The Morgan fingerprint density at radius 1 is 1.33 bits per heavy atom. The van der Waals surface area contributed by atoms with E-state index in [1.54, 1.807) is 0 Å². The van der Waals surface area contributed by atoms with E-state index in [4.69, 9.17) is 16.4 Å². The van der Waals surface area contributed by atoms with Crippen molar-refractivity contribution in [1.29, 1.82) is 0 Å². The summed E-state index contributed by atoms with van der Waals surface area (Å²) in [5, 5.41) is 5.28. The molecule has 1 aromatic carbocycles. The van der Waals surface area contributed by atoms with Crippen molar-refractivity contribution in [2.24, 2.45) is 17.0 Å². The molecule has 3 nitrogen and oxygen atoms in total. The molecule has 2 unspecified atom stereocenters. The van der Waals surface area contributed by atoms with E-state index in [0.29, 0.717) is 18.4 Å². The number of allylic oxidation sites excluding steroid dienone is 1. The highest BCUT2D eigenvalue weighted by molar-refractivity contribution is 6.30. The molecular formula is C20H29ClN2O. The van der Waals surface area contributed by atoms with Crippen LogP contribution >= 0.6 is 11.6 Å². The molecule has 1 aromatic rings. The zero-order valence-corrected chi connectivity index (χ0v) is 16.0. The maximum atomic E-state index is 5.97. The summed E-state index contributed by atoms with van der Waals surface area (Å²) >= 11 is 5.97. The highest BCUT2D eigenvalue weighted by atomic mass is 35.5. The summed E-state index contributed by atoms with van der Waals surface area (Å²) in [6.45, 7) is 6.09. The summed E-state index contributed by atoms with van der Waals surface area (Å²) < 4.78 is 0. The molecule has 24 heavy (non-hydrogen) atoms. The van der Waals surface area contributed by atoms with Gasteiger partial charge in [-0.2, -0.15) is 0 Å². The van der Waals surface area contributed by atoms with Gasteiger partial charge in [-0.1, -0.05) is 42.7 Å². The van der Waals surface area contributed by atoms with Gasteiger partial charge in [-0.15, -0.1) is 0 Å². The van der Waals surface area contributed by atoms with Gasteiger partial charge in [0, 0.05) is 23.4 Å². The molecular weight excluding hydrogens is 320 g/mol. The second kappa shape index (κ2) is 9.24. The lowest BCUT2D eigenvalue weighted by Gasteiger charge is -2.23. The van der Waals surface area contributed by atoms with E-state index in [2.05, 4.69) is 44.1 Å². The van der Waals surface area contributed by atoms with Crippen LogP contribution in [0.1, 0.15) is 38.7 Å². The lowest BCUT2D eigenvalue weighted by molar-refractivity contribution is 0.100. The molecule has 0 radical (unpaired) electrons. The summed E-state index contributed by atoms with van der Waals surface area (Å²) in [7, 11) is 4.16. The molecule has 132 valence electrons. The highest BCUT2D eigenvalue weighted by Crippen LogP contribution is 2.28. The van der Waals surface area contributed by atoms with Gasteiger partial charge in [0.2, 0.25) is 0 Å². The molecule has 0 saturated heterocycles. The van der Waals surface area contributed by atoms with Crippen LogP contribution in [0.2, 0.25) is 5.02 Å². The summed E-state index contributed by atoms with van der Waals surface area (Å²) in [6, 6.07) is 7.95. The molecule has 1 aliphatic carbocycles. The Kier molecular flexibility index (Phi) is 7.32. The third-order valence-corrected chi connectivity index (χ3v) is 4.54. The molecule has 0 aromatic heterocycles. The van der Waals surface area contributed by atoms with E-state index in [0.717, 1.165) is 29.3 Å². The maximum absolute atomic E-state index is 5.97. The van der Waals surface area contributed by atoms with Crippen LogP contribution < -0.4 is 0 Å². The molecule has 0 spiro atoms. The van der Waals surface area contributed by atoms with Gasteiger partial charge in [0.15, 0.2) is 0 Å². The van der Waals surface area contributed by atoms with Crippen LogP contribution in [-0.4, -0.2) is 37.9 Å². The van der Waals surface area contributed by atoms with Crippen LogP contribution in [0.25, 0.3) is 6.08 Å². The van der Waals surface area contributed by atoms with E-state index in [1.165, 1.54) is 18.4 Å². The summed E-state index contributed by atoms with van der Waals surface area (Å²) in [6.07, 6.45) is 5.66. The predicted molar refractivity (Wildman–Crippen MR) is 104 cm³/mol. The molecule has 2 atom stereocenters. The summed E-state index contributed by atoms with van der Waals surface area (Å²) in [5.41, 5.74) is 3.56. The zero-order valence-electron chi connectivity index (χ0n) is 15.3.